The van der Waals surface area contributed by atoms with Gasteiger partial charge in [0.15, 0.2) is 15.0 Å². The van der Waals surface area contributed by atoms with E-state index >= 15 is 0 Å². The summed E-state index contributed by atoms with van der Waals surface area (Å²) >= 11 is 1.47. The predicted molar refractivity (Wildman–Crippen MR) is 132 cm³/mol. The van der Waals surface area contributed by atoms with Gasteiger partial charge in [0.2, 0.25) is 5.91 Å². The summed E-state index contributed by atoms with van der Waals surface area (Å²) in [5.74, 6) is 0.414. The summed E-state index contributed by atoms with van der Waals surface area (Å²) in [7, 11) is -3.30. The summed E-state index contributed by atoms with van der Waals surface area (Å²) in [6.45, 7) is 4.31. The van der Waals surface area contributed by atoms with Crippen LogP contribution in [0.15, 0.2) is 65.3 Å². The number of nitrogens with zero attached hydrogens (tertiary/aromatic N) is 2. The minimum absolute atomic E-state index is 0.0192. The van der Waals surface area contributed by atoms with Crippen LogP contribution < -0.4 is 4.90 Å². The predicted octanol–water partition coefficient (Wildman–Crippen LogP) is 5.43. The summed E-state index contributed by atoms with van der Waals surface area (Å²) in [5, 5.41) is 0.590. The summed E-state index contributed by atoms with van der Waals surface area (Å²) in [4.78, 5) is 19.5. The van der Waals surface area contributed by atoms with Crippen molar-refractivity contribution in [1.82, 2.24) is 4.98 Å². The molecular weight excluding hydrogens is 456 g/mol. The van der Waals surface area contributed by atoms with Gasteiger partial charge in [-0.2, -0.15) is 0 Å². The van der Waals surface area contributed by atoms with Gasteiger partial charge < -0.3 is 4.42 Å². The zero-order chi connectivity index (χ0) is 23.4. The van der Waals surface area contributed by atoms with Crippen LogP contribution in [0, 0.1) is 13.8 Å². The fourth-order valence-electron chi connectivity index (χ4n) is 3.78. The van der Waals surface area contributed by atoms with Gasteiger partial charge in [-0.05, 0) is 55.2 Å². The van der Waals surface area contributed by atoms with Crippen molar-refractivity contribution >= 4 is 42.4 Å². The van der Waals surface area contributed by atoms with E-state index in [1.165, 1.54) is 11.3 Å². The average molecular weight is 483 g/mol. The molecule has 33 heavy (non-hydrogen) atoms. The Morgan fingerprint density at radius 1 is 1.09 bits per heavy atom. The highest BCUT2D eigenvalue weighted by Gasteiger charge is 2.23. The lowest BCUT2D eigenvalue weighted by atomic mass is 10.1. The van der Waals surface area contributed by atoms with Crippen molar-refractivity contribution in [3.8, 4) is 0 Å². The van der Waals surface area contributed by atoms with Gasteiger partial charge in [-0.3, -0.25) is 9.69 Å². The fraction of sp³-hybridized carbons (Fsp3) is 0.280. The first-order chi connectivity index (χ1) is 15.8. The number of carbonyl (C=O) groups is 1. The van der Waals surface area contributed by atoms with Crippen molar-refractivity contribution in [2.45, 2.75) is 39.0 Å². The number of hydrogen-bond acceptors (Lipinski definition) is 6. The van der Waals surface area contributed by atoms with Gasteiger partial charge in [-0.1, -0.05) is 47.7 Å². The van der Waals surface area contributed by atoms with Crippen LogP contribution in [-0.4, -0.2) is 25.1 Å². The maximum absolute atomic E-state index is 13.2. The molecule has 172 valence electrons. The van der Waals surface area contributed by atoms with Crippen LogP contribution in [0.5, 0.6) is 0 Å². The number of amides is 1. The summed E-state index contributed by atoms with van der Waals surface area (Å²) in [5.41, 5.74) is 3.84. The first-order valence-corrected chi connectivity index (χ1v) is 13.4. The van der Waals surface area contributed by atoms with Crippen molar-refractivity contribution < 1.29 is 17.6 Å². The Bertz CT molecular complexity index is 1340. The average Bonchev–Trinajstić information content (AvgIpc) is 3.42. The lowest BCUT2D eigenvalue weighted by molar-refractivity contribution is -0.118. The molecule has 4 aromatic rings. The Morgan fingerprint density at radius 3 is 2.61 bits per heavy atom. The molecule has 2 aromatic carbocycles. The molecule has 0 spiro atoms. The van der Waals surface area contributed by atoms with Crippen molar-refractivity contribution in [3.05, 3.63) is 83.3 Å². The third-order valence-corrected chi connectivity index (χ3v) is 8.22. The molecule has 0 radical (unpaired) electrons. The van der Waals surface area contributed by atoms with E-state index in [9.17, 15) is 13.2 Å². The van der Waals surface area contributed by atoms with Crippen molar-refractivity contribution in [3.63, 3.8) is 0 Å². The number of aryl methyl sites for hydroxylation is 2. The number of anilines is 1. The van der Waals surface area contributed by atoms with Gasteiger partial charge in [-0.25, -0.2) is 13.4 Å². The van der Waals surface area contributed by atoms with E-state index in [1.54, 1.807) is 29.4 Å². The second-order valence-electron chi connectivity index (χ2n) is 8.17. The molecule has 2 aromatic heterocycles. The molecular formula is C25H26N2O4S2. The molecule has 0 unspecified atom stereocenters. The largest absolute Gasteiger partial charge is 0.467 e. The van der Waals surface area contributed by atoms with Gasteiger partial charge in [0.1, 0.15) is 5.76 Å². The van der Waals surface area contributed by atoms with Gasteiger partial charge in [0, 0.05) is 6.42 Å². The molecule has 0 aliphatic heterocycles. The number of rotatable bonds is 9. The van der Waals surface area contributed by atoms with Crippen LogP contribution in [-0.2, 0) is 26.9 Å². The molecule has 0 N–H and O–H groups in total. The van der Waals surface area contributed by atoms with E-state index in [-0.39, 0.29) is 36.8 Å². The number of fused-ring (bicyclic) bond motifs is 1. The first-order valence-electron chi connectivity index (χ1n) is 10.8. The Kier molecular flexibility index (Phi) is 6.95. The summed E-state index contributed by atoms with van der Waals surface area (Å²) in [6, 6.07) is 16.8. The number of furan rings is 1. The van der Waals surface area contributed by atoms with Crippen LogP contribution >= 0.6 is 11.3 Å². The number of aromatic nitrogens is 1. The molecule has 0 fully saturated rings. The molecule has 6 nitrogen and oxygen atoms in total. The molecule has 0 bridgehead atoms. The molecule has 0 aliphatic carbocycles. The van der Waals surface area contributed by atoms with Gasteiger partial charge in [0.05, 0.1) is 34.5 Å². The molecule has 0 atom stereocenters. The lowest BCUT2D eigenvalue weighted by Gasteiger charge is -2.18. The van der Waals surface area contributed by atoms with Gasteiger partial charge >= 0.3 is 0 Å². The Balaban J connectivity index is 1.49. The highest BCUT2D eigenvalue weighted by molar-refractivity contribution is 7.90. The Morgan fingerprint density at radius 2 is 1.88 bits per heavy atom. The number of benzene rings is 2. The second-order valence-corrected chi connectivity index (χ2v) is 11.3. The Labute approximate surface area is 197 Å². The van der Waals surface area contributed by atoms with Crippen LogP contribution in [0.1, 0.15) is 35.3 Å². The van der Waals surface area contributed by atoms with Crippen LogP contribution in [0.3, 0.4) is 0 Å². The zero-order valence-electron chi connectivity index (χ0n) is 18.7. The third kappa shape index (κ3) is 5.89. The number of thiazole rings is 1. The molecule has 4 rings (SSSR count). The minimum atomic E-state index is -3.30. The van der Waals surface area contributed by atoms with E-state index in [4.69, 9.17) is 9.40 Å². The lowest BCUT2D eigenvalue weighted by Crippen LogP contribution is -2.30. The molecule has 0 aliphatic rings. The monoisotopic (exact) mass is 482 g/mol. The smallest absolute Gasteiger partial charge is 0.229 e. The molecule has 0 saturated heterocycles. The molecule has 8 heteroatoms. The molecule has 1 amide bonds. The highest BCUT2D eigenvalue weighted by Crippen LogP contribution is 2.33. The van der Waals surface area contributed by atoms with Crippen molar-refractivity contribution in [2.24, 2.45) is 0 Å². The quantitative estimate of drug-likeness (QED) is 0.318. The Hall–Kier alpha value is -2.97. The molecule has 0 saturated carbocycles. The van der Waals surface area contributed by atoms with Gasteiger partial charge in [-0.15, -0.1) is 0 Å². The SMILES string of the molecule is Cc1cc(C)c2sc(N(Cc3ccco3)C(=O)CCCS(=O)(=O)Cc3ccccc3)nc2c1. The maximum atomic E-state index is 13.2. The zero-order valence-corrected chi connectivity index (χ0v) is 20.3. The number of sulfone groups is 1. The van der Waals surface area contributed by atoms with Gasteiger partial charge in [0.25, 0.3) is 0 Å². The summed E-state index contributed by atoms with van der Waals surface area (Å²) < 4.78 is 31.5. The molecule has 2 heterocycles. The normalized spacial score (nSPS) is 11.7. The fourth-order valence-corrected chi connectivity index (χ4v) is 6.24. The topological polar surface area (TPSA) is 80.5 Å². The number of hydrogen-bond donors (Lipinski definition) is 0. The highest BCUT2D eigenvalue weighted by atomic mass is 32.2. The van der Waals surface area contributed by atoms with Crippen LogP contribution in [0.2, 0.25) is 0 Å². The summed E-state index contributed by atoms with van der Waals surface area (Å²) in [6.07, 6.45) is 1.94. The van der Waals surface area contributed by atoms with Crippen LogP contribution in [0.4, 0.5) is 5.13 Å². The van der Waals surface area contributed by atoms with E-state index in [0.29, 0.717) is 10.9 Å². The number of carbonyl (C=O) groups excluding carboxylic acids is 1. The maximum Gasteiger partial charge on any atom is 0.229 e. The minimum Gasteiger partial charge on any atom is -0.467 e. The van der Waals surface area contributed by atoms with Crippen molar-refractivity contribution in [2.75, 3.05) is 10.7 Å². The first kappa shape index (κ1) is 23.2. The van der Waals surface area contributed by atoms with E-state index < -0.39 is 9.84 Å². The van der Waals surface area contributed by atoms with E-state index in [0.717, 1.165) is 26.9 Å². The van der Waals surface area contributed by atoms with E-state index in [2.05, 4.69) is 6.07 Å². The van der Waals surface area contributed by atoms with Crippen LogP contribution in [0.25, 0.3) is 10.2 Å². The van der Waals surface area contributed by atoms with E-state index in [1.807, 2.05) is 44.2 Å². The second kappa shape index (κ2) is 9.89. The third-order valence-electron chi connectivity index (χ3n) is 5.31. The standard InChI is InChI=1S/C25H26N2O4S2/c1-18-14-19(2)24-22(15-18)26-25(32-24)27(16-21-10-6-12-31-21)23(28)11-7-13-33(29,30)17-20-8-4-3-5-9-20/h3-6,8-10,12,14-15H,7,11,13,16-17H2,1-2H3. The van der Waals surface area contributed by atoms with Crippen molar-refractivity contribution in [1.29, 1.82) is 0 Å².